The van der Waals surface area contributed by atoms with Gasteiger partial charge in [-0.2, -0.15) is 0 Å². The second-order valence-electron chi connectivity index (χ2n) is 4.70. The largest absolute Gasteiger partial charge is 0.126 e. The molecule has 0 saturated carbocycles. The highest BCUT2D eigenvalue weighted by Gasteiger charge is 2.29. The first-order valence-corrected chi connectivity index (χ1v) is 5.56. The Morgan fingerprint density at radius 1 is 1.08 bits per heavy atom. The van der Waals surface area contributed by atoms with Gasteiger partial charge in [0.25, 0.3) is 0 Å². The molecule has 0 heterocycles. The van der Waals surface area contributed by atoms with Gasteiger partial charge in [0.1, 0.15) is 0 Å². The van der Waals surface area contributed by atoms with Gasteiger partial charge in [0.15, 0.2) is 0 Å². The molecule has 0 aromatic rings. The molecular formula is C11H23Cl. The number of alkyl halides is 1. The Morgan fingerprint density at radius 2 is 1.50 bits per heavy atom. The van der Waals surface area contributed by atoms with Crippen LogP contribution in [0.3, 0.4) is 0 Å². The smallest absolute Gasteiger partial charge is 0.0259 e. The summed E-state index contributed by atoms with van der Waals surface area (Å²) in [5, 5.41) is 0. The molecule has 0 aromatic carbocycles. The molecule has 0 aromatic heterocycles. The number of hydrogen-bond donors (Lipinski definition) is 0. The third-order valence-corrected chi connectivity index (χ3v) is 3.23. The van der Waals surface area contributed by atoms with Crippen LogP contribution in [0.25, 0.3) is 0 Å². The highest BCUT2D eigenvalue weighted by molar-refractivity contribution is 6.18. The van der Waals surface area contributed by atoms with Crippen molar-refractivity contribution in [3.05, 3.63) is 0 Å². The lowest BCUT2D eigenvalue weighted by Crippen LogP contribution is -2.29. The van der Waals surface area contributed by atoms with Gasteiger partial charge in [-0.1, -0.05) is 47.5 Å². The maximum Gasteiger partial charge on any atom is 0.0259 e. The second kappa shape index (κ2) is 5.11. The second-order valence-corrected chi connectivity index (χ2v) is 5.01. The molecule has 0 aliphatic rings. The summed E-state index contributed by atoms with van der Waals surface area (Å²) in [6, 6.07) is 0. The lowest BCUT2D eigenvalue weighted by atomic mass is 9.72. The van der Waals surface area contributed by atoms with Crippen molar-refractivity contribution in [1.29, 1.82) is 0 Å². The SMILES string of the molecule is CCC(CC)C(CCl)C(C)(C)C. The molecule has 0 rings (SSSR count). The molecular weight excluding hydrogens is 168 g/mol. The molecule has 0 bridgehead atoms. The van der Waals surface area contributed by atoms with E-state index in [0.717, 1.165) is 11.8 Å². The third-order valence-electron chi connectivity index (χ3n) is 2.90. The molecule has 1 unspecified atom stereocenters. The van der Waals surface area contributed by atoms with Gasteiger partial charge in [-0.05, 0) is 17.3 Å². The molecule has 1 atom stereocenters. The first-order valence-electron chi connectivity index (χ1n) is 5.03. The highest BCUT2D eigenvalue weighted by atomic mass is 35.5. The van der Waals surface area contributed by atoms with Crippen LogP contribution >= 0.6 is 11.6 Å². The van der Waals surface area contributed by atoms with E-state index < -0.39 is 0 Å². The number of halogens is 1. The predicted octanol–water partition coefficient (Wildman–Crippen LogP) is 4.32. The van der Waals surface area contributed by atoms with Crippen molar-refractivity contribution < 1.29 is 0 Å². The van der Waals surface area contributed by atoms with Crippen LogP contribution in [0, 0.1) is 17.3 Å². The fourth-order valence-corrected chi connectivity index (χ4v) is 2.64. The summed E-state index contributed by atoms with van der Waals surface area (Å²) in [6.45, 7) is 11.4. The van der Waals surface area contributed by atoms with Gasteiger partial charge >= 0.3 is 0 Å². The molecule has 0 aliphatic carbocycles. The monoisotopic (exact) mass is 190 g/mol. The summed E-state index contributed by atoms with van der Waals surface area (Å²) in [4.78, 5) is 0. The highest BCUT2D eigenvalue weighted by Crippen LogP contribution is 2.36. The van der Waals surface area contributed by atoms with Crippen molar-refractivity contribution in [1.82, 2.24) is 0 Å². The molecule has 0 spiro atoms. The Hall–Kier alpha value is 0.290. The average molecular weight is 191 g/mol. The van der Waals surface area contributed by atoms with Gasteiger partial charge in [-0.3, -0.25) is 0 Å². The van der Waals surface area contributed by atoms with Gasteiger partial charge in [-0.25, -0.2) is 0 Å². The average Bonchev–Trinajstić information content (AvgIpc) is 1.97. The van der Waals surface area contributed by atoms with Gasteiger partial charge in [-0.15, -0.1) is 11.6 Å². The fourth-order valence-electron chi connectivity index (χ4n) is 1.92. The van der Waals surface area contributed by atoms with Crippen LogP contribution in [-0.2, 0) is 0 Å². The van der Waals surface area contributed by atoms with Crippen molar-refractivity contribution in [2.45, 2.75) is 47.5 Å². The zero-order valence-corrected chi connectivity index (χ0v) is 9.91. The molecule has 0 aliphatic heterocycles. The van der Waals surface area contributed by atoms with E-state index >= 15 is 0 Å². The van der Waals surface area contributed by atoms with E-state index in [-0.39, 0.29) is 0 Å². The lowest BCUT2D eigenvalue weighted by molar-refractivity contribution is 0.171. The van der Waals surface area contributed by atoms with E-state index in [4.69, 9.17) is 11.6 Å². The van der Waals surface area contributed by atoms with Crippen LogP contribution in [0.15, 0.2) is 0 Å². The summed E-state index contributed by atoms with van der Waals surface area (Å²) < 4.78 is 0. The van der Waals surface area contributed by atoms with Crippen molar-refractivity contribution in [3.63, 3.8) is 0 Å². The van der Waals surface area contributed by atoms with E-state index in [2.05, 4.69) is 34.6 Å². The number of rotatable bonds is 4. The predicted molar refractivity (Wildman–Crippen MR) is 57.7 cm³/mol. The zero-order valence-electron chi connectivity index (χ0n) is 9.15. The standard InChI is InChI=1S/C11H23Cl/c1-6-9(7-2)10(8-12)11(3,4)5/h9-10H,6-8H2,1-5H3. The van der Waals surface area contributed by atoms with Gasteiger partial charge in [0, 0.05) is 5.88 Å². The Morgan fingerprint density at radius 3 is 1.58 bits per heavy atom. The summed E-state index contributed by atoms with van der Waals surface area (Å²) in [5.41, 5.74) is 0.360. The van der Waals surface area contributed by atoms with E-state index in [9.17, 15) is 0 Å². The molecule has 74 valence electrons. The van der Waals surface area contributed by atoms with Gasteiger partial charge in [0.2, 0.25) is 0 Å². The van der Waals surface area contributed by atoms with Crippen molar-refractivity contribution in [2.75, 3.05) is 5.88 Å². The normalized spacial score (nSPS) is 15.2. The fraction of sp³-hybridized carbons (Fsp3) is 1.00. The first-order chi connectivity index (χ1) is 5.47. The van der Waals surface area contributed by atoms with Crippen molar-refractivity contribution in [3.8, 4) is 0 Å². The summed E-state index contributed by atoms with van der Waals surface area (Å²) in [7, 11) is 0. The third kappa shape index (κ3) is 3.35. The van der Waals surface area contributed by atoms with Crippen LogP contribution in [0.2, 0.25) is 0 Å². The zero-order chi connectivity index (χ0) is 9.78. The first kappa shape index (κ1) is 12.3. The maximum absolute atomic E-state index is 6.00. The van der Waals surface area contributed by atoms with Crippen LogP contribution < -0.4 is 0 Å². The van der Waals surface area contributed by atoms with Crippen molar-refractivity contribution >= 4 is 11.6 Å². The summed E-state index contributed by atoms with van der Waals surface area (Å²) in [6.07, 6.45) is 2.51. The van der Waals surface area contributed by atoms with E-state index in [1.54, 1.807) is 0 Å². The van der Waals surface area contributed by atoms with Crippen LogP contribution in [-0.4, -0.2) is 5.88 Å². The Bertz CT molecular complexity index is 109. The molecule has 0 saturated heterocycles. The molecule has 1 heteroatoms. The topological polar surface area (TPSA) is 0 Å². The molecule has 0 amide bonds. The lowest BCUT2D eigenvalue weighted by Gasteiger charge is -2.35. The molecule has 0 nitrogen and oxygen atoms in total. The summed E-state index contributed by atoms with van der Waals surface area (Å²) >= 11 is 6.00. The van der Waals surface area contributed by atoms with E-state index in [1.165, 1.54) is 12.8 Å². The maximum atomic E-state index is 6.00. The molecule has 0 radical (unpaired) electrons. The minimum Gasteiger partial charge on any atom is -0.126 e. The molecule has 0 fully saturated rings. The van der Waals surface area contributed by atoms with E-state index in [1.807, 2.05) is 0 Å². The quantitative estimate of drug-likeness (QED) is 0.580. The van der Waals surface area contributed by atoms with Gasteiger partial charge < -0.3 is 0 Å². The van der Waals surface area contributed by atoms with Crippen LogP contribution in [0.4, 0.5) is 0 Å². The van der Waals surface area contributed by atoms with Crippen molar-refractivity contribution in [2.24, 2.45) is 17.3 Å². The van der Waals surface area contributed by atoms with Gasteiger partial charge in [0.05, 0.1) is 0 Å². The summed E-state index contributed by atoms with van der Waals surface area (Å²) in [5.74, 6) is 2.26. The Labute approximate surface area is 82.7 Å². The Kier molecular flexibility index (Phi) is 5.24. The number of hydrogen-bond acceptors (Lipinski definition) is 0. The Balaban J connectivity index is 4.31. The molecule has 0 N–H and O–H groups in total. The van der Waals surface area contributed by atoms with Crippen LogP contribution in [0.5, 0.6) is 0 Å². The van der Waals surface area contributed by atoms with Crippen LogP contribution in [0.1, 0.15) is 47.5 Å². The van der Waals surface area contributed by atoms with E-state index in [0.29, 0.717) is 11.3 Å². The minimum atomic E-state index is 0.360. The molecule has 12 heavy (non-hydrogen) atoms. The minimum absolute atomic E-state index is 0.360.